The monoisotopic (exact) mass is 306 g/mol. The van der Waals surface area contributed by atoms with Crippen molar-refractivity contribution in [3.05, 3.63) is 65.2 Å². The third kappa shape index (κ3) is 2.50. The first kappa shape index (κ1) is 14.3. The van der Waals surface area contributed by atoms with Crippen molar-refractivity contribution in [2.24, 2.45) is 5.92 Å². The topological polar surface area (TPSA) is 55.1 Å². The largest absolute Gasteiger partial charge is 0.399 e. The van der Waals surface area contributed by atoms with Crippen molar-refractivity contribution >= 4 is 11.6 Å². The Morgan fingerprint density at radius 3 is 2.78 bits per heavy atom. The van der Waals surface area contributed by atoms with Crippen LogP contribution in [0.25, 0.3) is 0 Å². The highest BCUT2D eigenvalue weighted by Gasteiger charge is 2.61. The molecule has 1 fully saturated rings. The highest BCUT2D eigenvalue weighted by atomic mass is 16.2. The molecule has 118 valence electrons. The molecule has 0 saturated heterocycles. The minimum atomic E-state index is 0.141. The van der Waals surface area contributed by atoms with E-state index in [0.717, 1.165) is 31.4 Å². The number of hydrogen-bond acceptors (Lipinski definition) is 2. The van der Waals surface area contributed by atoms with Gasteiger partial charge in [0.2, 0.25) is 5.91 Å². The van der Waals surface area contributed by atoms with Gasteiger partial charge in [0.25, 0.3) is 0 Å². The summed E-state index contributed by atoms with van der Waals surface area (Å²) in [7, 11) is 0. The highest BCUT2D eigenvalue weighted by Crippen LogP contribution is 2.61. The van der Waals surface area contributed by atoms with Crippen molar-refractivity contribution < 1.29 is 4.79 Å². The summed E-state index contributed by atoms with van der Waals surface area (Å²) in [6.45, 7) is 0.691. The third-order valence-corrected chi connectivity index (χ3v) is 5.48. The fourth-order valence-electron chi connectivity index (χ4n) is 4.08. The summed E-state index contributed by atoms with van der Waals surface area (Å²) >= 11 is 0. The smallest absolute Gasteiger partial charge is 0.224 e. The Morgan fingerprint density at radius 1 is 1.17 bits per heavy atom. The number of nitrogen functional groups attached to an aromatic ring is 1. The van der Waals surface area contributed by atoms with Crippen LogP contribution in [0, 0.1) is 5.92 Å². The van der Waals surface area contributed by atoms with Gasteiger partial charge in [-0.15, -0.1) is 0 Å². The van der Waals surface area contributed by atoms with Crippen LogP contribution in [-0.2, 0) is 23.1 Å². The molecule has 0 aliphatic heterocycles. The summed E-state index contributed by atoms with van der Waals surface area (Å²) in [4.78, 5) is 12.5. The van der Waals surface area contributed by atoms with E-state index in [1.165, 1.54) is 16.7 Å². The van der Waals surface area contributed by atoms with Crippen molar-refractivity contribution in [3.8, 4) is 0 Å². The van der Waals surface area contributed by atoms with Crippen LogP contribution in [0.4, 0.5) is 5.69 Å². The number of benzene rings is 2. The second-order valence-corrected chi connectivity index (χ2v) is 6.85. The van der Waals surface area contributed by atoms with E-state index in [4.69, 9.17) is 5.73 Å². The standard InChI is InChI=1S/C20H22N2O/c21-16-7-5-14(6-8-16)10-12-22-19(23)18-13-20(18)11-9-15-3-1-2-4-17(15)20/h1-8,18H,9-13,21H2,(H,22,23). The maximum absolute atomic E-state index is 12.5. The number of fused-ring (bicyclic) bond motifs is 2. The molecule has 0 radical (unpaired) electrons. The number of aryl methyl sites for hydroxylation is 1. The zero-order chi connectivity index (χ0) is 15.9. The molecule has 3 heteroatoms. The first-order valence-corrected chi connectivity index (χ1v) is 8.39. The first-order chi connectivity index (χ1) is 11.2. The molecule has 3 nitrogen and oxygen atoms in total. The maximum atomic E-state index is 12.5. The van der Waals surface area contributed by atoms with Crippen molar-refractivity contribution in [2.45, 2.75) is 31.1 Å². The van der Waals surface area contributed by atoms with Crippen LogP contribution < -0.4 is 11.1 Å². The second-order valence-electron chi connectivity index (χ2n) is 6.85. The maximum Gasteiger partial charge on any atom is 0.224 e. The fourth-order valence-corrected chi connectivity index (χ4v) is 4.08. The van der Waals surface area contributed by atoms with Crippen LogP contribution in [0.1, 0.15) is 29.5 Å². The van der Waals surface area contributed by atoms with E-state index in [1.807, 2.05) is 24.3 Å². The number of carbonyl (C=O) groups excluding carboxylic acids is 1. The predicted octanol–water partition coefficient (Wildman–Crippen LogP) is 2.83. The van der Waals surface area contributed by atoms with Crippen LogP contribution in [0.5, 0.6) is 0 Å². The Labute approximate surface area is 136 Å². The molecule has 0 bridgehead atoms. The number of anilines is 1. The Bertz CT molecular complexity index is 738. The van der Waals surface area contributed by atoms with Crippen molar-refractivity contribution in [1.29, 1.82) is 0 Å². The van der Waals surface area contributed by atoms with Crippen LogP contribution in [0.15, 0.2) is 48.5 Å². The van der Waals surface area contributed by atoms with E-state index in [2.05, 4.69) is 29.6 Å². The molecular weight excluding hydrogens is 284 g/mol. The van der Waals surface area contributed by atoms with Gasteiger partial charge in [0.15, 0.2) is 0 Å². The normalized spacial score (nSPS) is 24.4. The molecule has 23 heavy (non-hydrogen) atoms. The van der Waals surface area contributed by atoms with Gasteiger partial charge in [-0.2, -0.15) is 0 Å². The summed E-state index contributed by atoms with van der Waals surface area (Å²) in [6, 6.07) is 16.5. The highest BCUT2D eigenvalue weighted by molar-refractivity contribution is 5.85. The summed E-state index contributed by atoms with van der Waals surface area (Å²) in [5, 5.41) is 3.12. The number of rotatable bonds is 4. The summed E-state index contributed by atoms with van der Waals surface area (Å²) in [5.74, 6) is 0.384. The van der Waals surface area contributed by atoms with E-state index in [0.29, 0.717) is 6.54 Å². The van der Waals surface area contributed by atoms with E-state index in [9.17, 15) is 4.79 Å². The lowest BCUT2D eigenvalue weighted by atomic mass is 9.95. The SMILES string of the molecule is Nc1ccc(CCNC(=O)C2CC23CCc2ccccc23)cc1. The Kier molecular flexibility index (Phi) is 3.37. The molecule has 3 N–H and O–H groups in total. The molecule has 0 aromatic heterocycles. The molecule has 4 rings (SSSR count). The third-order valence-electron chi connectivity index (χ3n) is 5.48. The molecule has 2 unspecified atom stereocenters. The Balaban J connectivity index is 1.34. The molecule has 1 saturated carbocycles. The summed E-state index contributed by atoms with van der Waals surface area (Å²) < 4.78 is 0. The van der Waals surface area contributed by atoms with Gasteiger partial charge in [-0.3, -0.25) is 4.79 Å². The molecule has 0 heterocycles. The van der Waals surface area contributed by atoms with Crippen molar-refractivity contribution in [2.75, 3.05) is 12.3 Å². The molecule has 2 aliphatic carbocycles. The lowest BCUT2D eigenvalue weighted by molar-refractivity contribution is -0.122. The van der Waals surface area contributed by atoms with E-state index >= 15 is 0 Å². The van der Waals surface area contributed by atoms with Gasteiger partial charge in [-0.05, 0) is 54.5 Å². The zero-order valence-corrected chi connectivity index (χ0v) is 13.2. The van der Waals surface area contributed by atoms with Crippen LogP contribution in [-0.4, -0.2) is 12.5 Å². The minimum absolute atomic E-state index is 0.141. The number of nitrogens with one attached hydrogen (secondary N) is 1. The molecule has 2 aliphatic rings. The molecule has 1 spiro atoms. The predicted molar refractivity (Wildman–Crippen MR) is 92.1 cm³/mol. The van der Waals surface area contributed by atoms with Gasteiger partial charge in [0.1, 0.15) is 0 Å². The van der Waals surface area contributed by atoms with E-state index in [1.54, 1.807) is 0 Å². The molecule has 1 amide bonds. The average Bonchev–Trinajstić information content (AvgIpc) is 3.19. The second kappa shape index (κ2) is 5.41. The fraction of sp³-hybridized carbons (Fsp3) is 0.350. The first-order valence-electron chi connectivity index (χ1n) is 8.39. The average molecular weight is 306 g/mol. The van der Waals surface area contributed by atoms with Crippen molar-refractivity contribution in [1.82, 2.24) is 5.32 Å². The van der Waals surface area contributed by atoms with Gasteiger partial charge >= 0.3 is 0 Å². The number of amides is 1. The number of nitrogens with two attached hydrogens (primary N) is 1. The minimum Gasteiger partial charge on any atom is -0.399 e. The summed E-state index contributed by atoms with van der Waals surface area (Å²) in [5.41, 5.74) is 10.7. The summed E-state index contributed by atoms with van der Waals surface area (Å²) in [6.07, 6.45) is 4.10. The molecule has 2 aromatic rings. The van der Waals surface area contributed by atoms with E-state index < -0.39 is 0 Å². The van der Waals surface area contributed by atoms with Crippen LogP contribution in [0.2, 0.25) is 0 Å². The molecule has 2 aromatic carbocycles. The number of carbonyl (C=O) groups is 1. The van der Waals surface area contributed by atoms with Crippen LogP contribution >= 0.6 is 0 Å². The van der Waals surface area contributed by atoms with Gasteiger partial charge in [0.05, 0.1) is 0 Å². The number of hydrogen-bond donors (Lipinski definition) is 2. The van der Waals surface area contributed by atoms with Gasteiger partial charge in [0, 0.05) is 23.6 Å². The van der Waals surface area contributed by atoms with Crippen molar-refractivity contribution in [3.63, 3.8) is 0 Å². The Hall–Kier alpha value is -2.29. The lowest BCUT2D eigenvalue weighted by Crippen LogP contribution is -2.29. The van der Waals surface area contributed by atoms with E-state index in [-0.39, 0.29) is 17.2 Å². The molecule has 2 atom stereocenters. The van der Waals surface area contributed by atoms with Gasteiger partial charge < -0.3 is 11.1 Å². The Morgan fingerprint density at radius 2 is 1.96 bits per heavy atom. The molecular formula is C20H22N2O. The van der Waals surface area contributed by atoms with Gasteiger partial charge in [-0.1, -0.05) is 36.4 Å². The van der Waals surface area contributed by atoms with Gasteiger partial charge in [-0.25, -0.2) is 0 Å². The lowest BCUT2D eigenvalue weighted by Gasteiger charge is -2.12. The quantitative estimate of drug-likeness (QED) is 0.853. The van der Waals surface area contributed by atoms with Crippen LogP contribution in [0.3, 0.4) is 0 Å². The zero-order valence-electron chi connectivity index (χ0n) is 13.2.